The van der Waals surface area contributed by atoms with Crippen LogP contribution in [0.15, 0.2) is 18.2 Å². The van der Waals surface area contributed by atoms with Crippen molar-refractivity contribution in [3.8, 4) is 6.07 Å². The summed E-state index contributed by atoms with van der Waals surface area (Å²) in [4.78, 5) is 2.29. The van der Waals surface area contributed by atoms with E-state index in [9.17, 15) is 0 Å². The van der Waals surface area contributed by atoms with Gasteiger partial charge in [0.25, 0.3) is 0 Å². The number of anilines is 2. The van der Waals surface area contributed by atoms with E-state index in [1.54, 1.807) is 12.1 Å². The highest BCUT2D eigenvalue weighted by Crippen LogP contribution is 2.17. The zero-order chi connectivity index (χ0) is 12.3. The van der Waals surface area contributed by atoms with E-state index in [4.69, 9.17) is 11.0 Å². The number of nitrogens with zero attached hydrogens (tertiary/aromatic N) is 3. The molecule has 17 heavy (non-hydrogen) atoms. The van der Waals surface area contributed by atoms with Crippen molar-refractivity contribution < 1.29 is 0 Å². The highest BCUT2D eigenvalue weighted by molar-refractivity contribution is 5.61. The second-order valence-electron chi connectivity index (χ2n) is 4.32. The molecular formula is C12H17N5. The summed E-state index contributed by atoms with van der Waals surface area (Å²) in [7, 11) is 2.12. The number of hydrogen-bond acceptors (Lipinski definition) is 5. The Labute approximate surface area is 101 Å². The standard InChI is InChI=1S/C12H17N5/c1-16-4-6-17(7-5-16)15-11-2-3-12(14)10(8-11)9-13/h2-3,8,15H,4-7,14H2,1H3. The number of nitrogens with one attached hydrogen (secondary N) is 1. The number of hydrogen-bond donors (Lipinski definition) is 2. The topological polar surface area (TPSA) is 68.3 Å². The monoisotopic (exact) mass is 231 g/mol. The Morgan fingerprint density at radius 2 is 2.00 bits per heavy atom. The molecule has 1 heterocycles. The van der Waals surface area contributed by atoms with Crippen molar-refractivity contribution in [3.05, 3.63) is 23.8 Å². The molecule has 1 aliphatic heterocycles. The van der Waals surface area contributed by atoms with Crippen molar-refractivity contribution in [2.24, 2.45) is 0 Å². The van der Waals surface area contributed by atoms with Crippen molar-refractivity contribution in [2.75, 3.05) is 44.4 Å². The lowest BCUT2D eigenvalue weighted by Crippen LogP contribution is -2.46. The van der Waals surface area contributed by atoms with E-state index in [-0.39, 0.29) is 0 Å². The largest absolute Gasteiger partial charge is 0.398 e. The molecular weight excluding hydrogens is 214 g/mol. The minimum atomic E-state index is 0.518. The summed E-state index contributed by atoms with van der Waals surface area (Å²) in [6.07, 6.45) is 0. The maximum atomic E-state index is 8.91. The molecule has 1 aromatic rings. The number of benzene rings is 1. The highest BCUT2D eigenvalue weighted by Gasteiger charge is 2.13. The van der Waals surface area contributed by atoms with Crippen LogP contribution in [0.5, 0.6) is 0 Å². The lowest BCUT2D eigenvalue weighted by molar-refractivity contribution is 0.179. The molecule has 1 aromatic carbocycles. The van der Waals surface area contributed by atoms with E-state index in [1.165, 1.54) is 0 Å². The Morgan fingerprint density at radius 3 is 2.65 bits per heavy atom. The highest BCUT2D eigenvalue weighted by atomic mass is 15.5. The first kappa shape index (κ1) is 11.7. The van der Waals surface area contributed by atoms with Crippen LogP contribution in [0.2, 0.25) is 0 Å². The Morgan fingerprint density at radius 1 is 1.29 bits per heavy atom. The summed E-state index contributed by atoms with van der Waals surface area (Å²) in [5, 5.41) is 11.1. The van der Waals surface area contributed by atoms with Crippen LogP contribution in [0, 0.1) is 11.3 Å². The molecule has 5 heteroatoms. The predicted octanol–water partition coefficient (Wildman–Crippen LogP) is 0.715. The first-order chi connectivity index (χ1) is 8.19. The van der Waals surface area contributed by atoms with Gasteiger partial charge >= 0.3 is 0 Å². The van der Waals surface area contributed by atoms with Crippen LogP contribution in [-0.2, 0) is 0 Å². The van der Waals surface area contributed by atoms with E-state index in [2.05, 4.69) is 28.5 Å². The Kier molecular flexibility index (Phi) is 3.47. The molecule has 0 unspecified atom stereocenters. The number of rotatable bonds is 2. The Bertz CT molecular complexity index is 429. The molecule has 0 bridgehead atoms. The number of hydrazine groups is 1. The summed E-state index contributed by atoms with van der Waals surface area (Å²) < 4.78 is 0. The average Bonchev–Trinajstić information content (AvgIpc) is 2.34. The van der Waals surface area contributed by atoms with E-state index < -0.39 is 0 Å². The smallest absolute Gasteiger partial charge is 0.101 e. The van der Waals surface area contributed by atoms with Crippen LogP contribution in [-0.4, -0.2) is 43.1 Å². The lowest BCUT2D eigenvalue weighted by Gasteiger charge is -2.33. The molecule has 2 rings (SSSR count). The Balaban J connectivity index is 2.02. The molecule has 0 spiro atoms. The maximum absolute atomic E-state index is 8.91. The third kappa shape index (κ3) is 2.87. The zero-order valence-electron chi connectivity index (χ0n) is 9.98. The van der Waals surface area contributed by atoms with Crippen molar-refractivity contribution in [3.63, 3.8) is 0 Å². The number of piperazine rings is 1. The van der Waals surface area contributed by atoms with Crippen LogP contribution in [0.25, 0.3) is 0 Å². The van der Waals surface area contributed by atoms with Gasteiger partial charge in [0.15, 0.2) is 0 Å². The molecule has 90 valence electrons. The van der Waals surface area contributed by atoms with Crippen LogP contribution in [0.4, 0.5) is 11.4 Å². The normalized spacial score (nSPS) is 17.6. The molecule has 0 radical (unpaired) electrons. The predicted molar refractivity (Wildman–Crippen MR) is 68.3 cm³/mol. The zero-order valence-corrected chi connectivity index (χ0v) is 9.98. The van der Waals surface area contributed by atoms with Crippen molar-refractivity contribution in [1.29, 1.82) is 5.26 Å². The molecule has 1 fully saturated rings. The molecule has 1 aliphatic rings. The second-order valence-corrected chi connectivity index (χ2v) is 4.32. The molecule has 0 aromatic heterocycles. The van der Waals surface area contributed by atoms with Crippen LogP contribution in [0.1, 0.15) is 5.56 Å². The minimum Gasteiger partial charge on any atom is -0.398 e. The summed E-state index contributed by atoms with van der Waals surface area (Å²) in [6, 6.07) is 7.53. The molecule has 0 aliphatic carbocycles. The van der Waals surface area contributed by atoms with E-state index >= 15 is 0 Å². The lowest BCUT2D eigenvalue weighted by atomic mass is 10.2. The van der Waals surface area contributed by atoms with E-state index in [1.807, 2.05) is 6.07 Å². The quantitative estimate of drug-likeness (QED) is 0.734. The van der Waals surface area contributed by atoms with Gasteiger partial charge in [0, 0.05) is 31.9 Å². The van der Waals surface area contributed by atoms with Gasteiger partial charge in [-0.25, -0.2) is 5.01 Å². The second kappa shape index (κ2) is 5.04. The number of likely N-dealkylation sites (N-methyl/N-ethyl adjacent to an activating group) is 1. The molecule has 0 atom stereocenters. The van der Waals surface area contributed by atoms with Gasteiger partial charge in [-0.1, -0.05) is 0 Å². The SMILES string of the molecule is CN1CCN(Nc2ccc(N)c(C#N)c2)CC1. The van der Waals surface area contributed by atoms with Gasteiger partial charge in [0.05, 0.1) is 11.3 Å². The molecule has 1 saturated heterocycles. The van der Waals surface area contributed by atoms with Gasteiger partial charge < -0.3 is 16.1 Å². The Hall–Kier alpha value is -1.77. The first-order valence-corrected chi connectivity index (χ1v) is 5.69. The summed E-state index contributed by atoms with van der Waals surface area (Å²) in [5.74, 6) is 0. The molecule has 5 nitrogen and oxygen atoms in total. The molecule has 0 saturated carbocycles. The number of nitriles is 1. The van der Waals surface area contributed by atoms with Crippen molar-refractivity contribution in [2.45, 2.75) is 0 Å². The fourth-order valence-corrected chi connectivity index (χ4v) is 1.82. The van der Waals surface area contributed by atoms with Crippen molar-refractivity contribution >= 4 is 11.4 Å². The maximum Gasteiger partial charge on any atom is 0.101 e. The van der Waals surface area contributed by atoms with Gasteiger partial charge in [-0.05, 0) is 25.2 Å². The number of nitrogens with two attached hydrogens (primary N) is 1. The number of nitrogen functional groups attached to an aromatic ring is 1. The van der Waals surface area contributed by atoms with Gasteiger partial charge in [0.1, 0.15) is 6.07 Å². The average molecular weight is 231 g/mol. The summed E-state index contributed by atoms with van der Waals surface area (Å²) >= 11 is 0. The van der Waals surface area contributed by atoms with E-state index in [0.29, 0.717) is 11.3 Å². The van der Waals surface area contributed by atoms with Gasteiger partial charge in [0.2, 0.25) is 0 Å². The van der Waals surface area contributed by atoms with Crippen LogP contribution >= 0.6 is 0 Å². The van der Waals surface area contributed by atoms with Crippen LogP contribution < -0.4 is 11.2 Å². The van der Waals surface area contributed by atoms with Gasteiger partial charge in [-0.2, -0.15) is 5.26 Å². The first-order valence-electron chi connectivity index (χ1n) is 5.69. The molecule has 0 amide bonds. The fraction of sp³-hybridized carbons (Fsp3) is 0.417. The summed E-state index contributed by atoms with van der Waals surface area (Å²) in [6.45, 7) is 4.05. The van der Waals surface area contributed by atoms with Crippen LogP contribution in [0.3, 0.4) is 0 Å². The minimum absolute atomic E-state index is 0.518. The van der Waals surface area contributed by atoms with Gasteiger partial charge in [-0.15, -0.1) is 0 Å². The summed E-state index contributed by atoms with van der Waals surface area (Å²) in [5.41, 5.74) is 10.9. The van der Waals surface area contributed by atoms with E-state index in [0.717, 1.165) is 31.9 Å². The van der Waals surface area contributed by atoms with Crippen molar-refractivity contribution in [1.82, 2.24) is 9.91 Å². The third-order valence-corrected chi connectivity index (χ3v) is 2.96. The molecule has 3 N–H and O–H groups in total. The third-order valence-electron chi connectivity index (χ3n) is 2.96. The fourth-order valence-electron chi connectivity index (χ4n) is 1.82. The van der Waals surface area contributed by atoms with Gasteiger partial charge in [-0.3, -0.25) is 0 Å².